The normalized spacial score (nSPS) is 22.6. The number of carbonyl (C=O) groups is 1. The van der Waals surface area contributed by atoms with Crippen LogP contribution in [0.5, 0.6) is 0 Å². The Labute approximate surface area is 163 Å². The third kappa shape index (κ3) is 4.75. The first kappa shape index (κ1) is 22.4. The lowest BCUT2D eigenvalue weighted by molar-refractivity contribution is -0.277. The van der Waals surface area contributed by atoms with E-state index in [9.17, 15) is 18.0 Å². The maximum absolute atomic E-state index is 14.0. The van der Waals surface area contributed by atoms with Gasteiger partial charge in [0.2, 0.25) is 0 Å². The molecule has 1 saturated heterocycles. The van der Waals surface area contributed by atoms with E-state index in [1.807, 2.05) is 0 Å². The highest BCUT2D eigenvalue weighted by molar-refractivity contribution is 5.83. The summed E-state index contributed by atoms with van der Waals surface area (Å²) in [6.45, 7) is 3.79. The summed E-state index contributed by atoms with van der Waals surface area (Å²) in [5.41, 5.74) is -3.52. The minimum absolute atomic E-state index is 0.111. The van der Waals surface area contributed by atoms with Crippen molar-refractivity contribution in [2.24, 2.45) is 0 Å². The van der Waals surface area contributed by atoms with Crippen molar-refractivity contribution < 1.29 is 32.2 Å². The number of unbranched alkanes of at least 4 members (excludes halogenated alkanes) is 2. The van der Waals surface area contributed by atoms with E-state index in [4.69, 9.17) is 14.2 Å². The zero-order chi connectivity index (χ0) is 20.8. The maximum atomic E-state index is 14.0. The molecule has 0 bridgehead atoms. The van der Waals surface area contributed by atoms with Crippen LogP contribution < -0.4 is 0 Å². The Bertz CT molecular complexity index is 659. The van der Waals surface area contributed by atoms with Gasteiger partial charge >= 0.3 is 12.1 Å². The van der Waals surface area contributed by atoms with E-state index in [1.54, 1.807) is 25.1 Å². The van der Waals surface area contributed by atoms with Crippen molar-refractivity contribution in [2.75, 3.05) is 7.11 Å². The standard InChI is InChI=1S/C21H27F3O4/c1-4-6-8-14-17-18(27-17)16(11-5-2)28-19(25)20(26-3,21(22,23)24)15-12-9-7-10-13-15/h5,7,9-13,16-18H,4,6,8,14H2,1-3H3/b11-5+/t16-,17+,18-,20-/m1/s1. The summed E-state index contributed by atoms with van der Waals surface area (Å²) in [6.07, 6.45) is 0.600. The number of hydrogen-bond acceptors (Lipinski definition) is 4. The van der Waals surface area contributed by atoms with Gasteiger partial charge in [0.05, 0.1) is 6.10 Å². The van der Waals surface area contributed by atoms with Gasteiger partial charge in [-0.05, 0) is 19.4 Å². The molecule has 0 aromatic heterocycles. The fourth-order valence-corrected chi connectivity index (χ4v) is 3.27. The molecule has 0 spiro atoms. The highest BCUT2D eigenvalue weighted by atomic mass is 19.4. The molecule has 0 unspecified atom stereocenters. The van der Waals surface area contributed by atoms with Crippen molar-refractivity contribution in [3.05, 3.63) is 48.0 Å². The molecule has 0 N–H and O–H groups in total. The quantitative estimate of drug-likeness (QED) is 0.242. The van der Waals surface area contributed by atoms with Gasteiger partial charge in [-0.1, -0.05) is 62.6 Å². The lowest BCUT2D eigenvalue weighted by atomic mass is 9.92. The molecule has 0 radical (unpaired) electrons. The van der Waals surface area contributed by atoms with Gasteiger partial charge in [-0.15, -0.1) is 0 Å². The van der Waals surface area contributed by atoms with E-state index in [-0.39, 0.29) is 11.7 Å². The van der Waals surface area contributed by atoms with E-state index < -0.39 is 30.0 Å². The largest absolute Gasteiger partial charge is 0.453 e. The SMILES string of the molecule is C/C=C/[C@@H](OC(=O)[C@](OC)(c1ccccc1)C(F)(F)F)[C@H]1O[C@H]1CCCCC. The molecular formula is C21H27F3O4. The van der Waals surface area contributed by atoms with Crippen LogP contribution in [0.2, 0.25) is 0 Å². The fraction of sp³-hybridized carbons (Fsp3) is 0.571. The summed E-state index contributed by atoms with van der Waals surface area (Å²) in [6, 6.07) is 6.79. The summed E-state index contributed by atoms with van der Waals surface area (Å²) >= 11 is 0. The van der Waals surface area contributed by atoms with Gasteiger partial charge in [0, 0.05) is 12.7 Å². The molecule has 156 valence electrons. The van der Waals surface area contributed by atoms with Crippen molar-refractivity contribution in [2.45, 2.75) is 69.6 Å². The van der Waals surface area contributed by atoms with E-state index in [0.717, 1.165) is 32.8 Å². The Morgan fingerprint density at radius 3 is 2.46 bits per heavy atom. The number of halogens is 3. The summed E-state index contributed by atoms with van der Waals surface area (Å²) in [5.74, 6) is -1.50. The number of carbonyl (C=O) groups excluding carboxylic acids is 1. The van der Waals surface area contributed by atoms with Gasteiger partial charge in [-0.2, -0.15) is 13.2 Å². The lowest BCUT2D eigenvalue weighted by Gasteiger charge is -2.33. The topological polar surface area (TPSA) is 48.1 Å². The fourth-order valence-electron chi connectivity index (χ4n) is 3.27. The molecule has 0 aliphatic carbocycles. The third-order valence-electron chi connectivity index (χ3n) is 4.84. The van der Waals surface area contributed by atoms with E-state index in [2.05, 4.69) is 6.92 Å². The van der Waals surface area contributed by atoms with Gasteiger partial charge < -0.3 is 14.2 Å². The van der Waals surface area contributed by atoms with Crippen LogP contribution in [0, 0.1) is 0 Å². The second-order valence-corrected chi connectivity index (χ2v) is 6.78. The summed E-state index contributed by atoms with van der Waals surface area (Å²) in [7, 11) is 0.855. The Morgan fingerprint density at radius 1 is 1.25 bits per heavy atom. The molecule has 0 amide bonds. The number of alkyl halides is 3. The number of esters is 1. The highest BCUT2D eigenvalue weighted by Gasteiger charge is 2.64. The first-order chi connectivity index (χ1) is 13.3. The monoisotopic (exact) mass is 400 g/mol. The predicted octanol–water partition coefficient (Wildman–Crippen LogP) is 4.93. The average Bonchev–Trinajstić information content (AvgIpc) is 3.42. The van der Waals surface area contributed by atoms with Crippen LogP contribution in [-0.4, -0.2) is 37.6 Å². The number of rotatable bonds is 10. The number of methoxy groups -OCH3 is 1. The van der Waals surface area contributed by atoms with Crippen LogP contribution in [0.3, 0.4) is 0 Å². The second-order valence-electron chi connectivity index (χ2n) is 6.78. The van der Waals surface area contributed by atoms with E-state index in [0.29, 0.717) is 0 Å². The Hall–Kier alpha value is -1.86. The van der Waals surface area contributed by atoms with Gasteiger partial charge in [0.25, 0.3) is 5.60 Å². The van der Waals surface area contributed by atoms with Crippen LogP contribution >= 0.6 is 0 Å². The van der Waals surface area contributed by atoms with Crippen molar-refractivity contribution in [3.8, 4) is 0 Å². The summed E-state index contributed by atoms with van der Waals surface area (Å²) in [5, 5.41) is 0. The molecule has 1 aromatic carbocycles. The molecule has 7 heteroatoms. The minimum Gasteiger partial charge on any atom is -0.453 e. The molecule has 2 rings (SSSR count). The minimum atomic E-state index is -4.99. The summed E-state index contributed by atoms with van der Waals surface area (Å²) in [4.78, 5) is 12.8. The Morgan fingerprint density at radius 2 is 1.93 bits per heavy atom. The molecule has 28 heavy (non-hydrogen) atoms. The smallest absolute Gasteiger partial charge is 0.432 e. The van der Waals surface area contributed by atoms with E-state index >= 15 is 0 Å². The Kier molecular flexibility index (Phi) is 7.66. The molecule has 0 saturated carbocycles. The first-order valence-electron chi connectivity index (χ1n) is 9.48. The van der Waals surface area contributed by atoms with Crippen LogP contribution in [0.4, 0.5) is 13.2 Å². The van der Waals surface area contributed by atoms with Crippen LogP contribution in [0.25, 0.3) is 0 Å². The van der Waals surface area contributed by atoms with Crippen LogP contribution in [-0.2, 0) is 24.6 Å². The average molecular weight is 400 g/mol. The predicted molar refractivity (Wildman–Crippen MR) is 98.7 cm³/mol. The number of ether oxygens (including phenoxy) is 3. The first-order valence-corrected chi connectivity index (χ1v) is 9.48. The maximum Gasteiger partial charge on any atom is 0.432 e. The lowest BCUT2D eigenvalue weighted by Crippen LogP contribution is -2.52. The van der Waals surface area contributed by atoms with Crippen LogP contribution in [0.1, 0.15) is 45.1 Å². The molecule has 4 nitrogen and oxygen atoms in total. The molecule has 1 aromatic rings. The molecule has 1 heterocycles. The van der Waals surface area contributed by atoms with Crippen molar-refractivity contribution in [1.82, 2.24) is 0 Å². The molecular weight excluding hydrogens is 373 g/mol. The number of benzene rings is 1. The van der Waals surface area contributed by atoms with Crippen molar-refractivity contribution >= 4 is 5.97 Å². The molecule has 4 atom stereocenters. The second kappa shape index (κ2) is 9.56. The zero-order valence-corrected chi connectivity index (χ0v) is 16.4. The highest BCUT2D eigenvalue weighted by Crippen LogP contribution is 2.44. The zero-order valence-electron chi connectivity index (χ0n) is 16.4. The van der Waals surface area contributed by atoms with Gasteiger partial charge in [0.15, 0.2) is 0 Å². The van der Waals surface area contributed by atoms with Gasteiger partial charge in [-0.3, -0.25) is 0 Å². The van der Waals surface area contributed by atoms with Gasteiger partial charge in [-0.25, -0.2) is 4.79 Å². The van der Waals surface area contributed by atoms with E-state index in [1.165, 1.54) is 24.3 Å². The number of epoxide rings is 1. The van der Waals surface area contributed by atoms with Crippen molar-refractivity contribution in [3.63, 3.8) is 0 Å². The molecule has 1 aliphatic heterocycles. The molecule has 1 aliphatic rings. The van der Waals surface area contributed by atoms with Gasteiger partial charge in [0.1, 0.15) is 12.2 Å². The van der Waals surface area contributed by atoms with Crippen molar-refractivity contribution in [1.29, 1.82) is 0 Å². The molecule has 1 fully saturated rings. The number of allylic oxidation sites excluding steroid dienone is 1. The third-order valence-corrected chi connectivity index (χ3v) is 4.84. The summed E-state index contributed by atoms with van der Waals surface area (Å²) < 4.78 is 57.5. The number of hydrogen-bond donors (Lipinski definition) is 0. The Balaban J connectivity index is 2.22. The van der Waals surface area contributed by atoms with Crippen LogP contribution in [0.15, 0.2) is 42.5 Å².